The van der Waals surface area contributed by atoms with Crippen LogP contribution in [0.5, 0.6) is 0 Å². The van der Waals surface area contributed by atoms with Gasteiger partial charge in [-0.15, -0.1) is 12.4 Å². The Balaban J connectivity index is 0.00000144. The third-order valence-corrected chi connectivity index (χ3v) is 3.94. The number of aromatic nitrogens is 3. The molecule has 0 aliphatic heterocycles. The average Bonchev–Trinajstić information content (AvgIpc) is 2.63. The predicted octanol–water partition coefficient (Wildman–Crippen LogP) is 4.17. The van der Waals surface area contributed by atoms with Crippen LogP contribution in [0.4, 0.5) is 11.8 Å². The number of nitrogens with zero attached hydrogens (tertiary/aromatic N) is 3. The summed E-state index contributed by atoms with van der Waals surface area (Å²) in [5, 5.41) is 2.96. The van der Waals surface area contributed by atoms with Crippen LogP contribution < -0.4 is 11.1 Å². The van der Waals surface area contributed by atoms with Gasteiger partial charge in [-0.2, -0.15) is 0 Å². The summed E-state index contributed by atoms with van der Waals surface area (Å²) in [5.74, 6) is 1.05. The minimum Gasteiger partial charge on any atom is -0.384 e. The number of carbonyl (C=O) groups excluding carboxylic acids is 1. The Morgan fingerprint density at radius 2 is 2.00 bits per heavy atom. The van der Waals surface area contributed by atoms with Crippen molar-refractivity contribution in [2.24, 2.45) is 5.41 Å². The topological polar surface area (TPSA) is 85.8 Å². The fraction of sp³-hybridized carbons (Fsp3) is 0.588. The lowest BCUT2D eigenvalue weighted by Gasteiger charge is -2.28. The zero-order valence-electron chi connectivity index (χ0n) is 13.8. The maximum atomic E-state index is 12.2. The summed E-state index contributed by atoms with van der Waals surface area (Å²) in [5.41, 5.74) is 7.28. The van der Waals surface area contributed by atoms with Crippen LogP contribution in [0.25, 0.3) is 11.2 Å². The van der Waals surface area contributed by atoms with E-state index < -0.39 is 0 Å². The molecule has 0 spiro atoms. The number of halogens is 1. The Morgan fingerprint density at radius 1 is 1.33 bits per heavy atom. The molecular formula is C17H28ClN5O. The number of amides is 1. The summed E-state index contributed by atoms with van der Waals surface area (Å²) < 4.78 is 2.04. The average molecular weight is 354 g/mol. The van der Waals surface area contributed by atoms with E-state index in [-0.39, 0.29) is 31.2 Å². The van der Waals surface area contributed by atoms with Crippen molar-refractivity contribution in [3.05, 3.63) is 12.1 Å². The number of nitrogens with two attached hydrogens (primary N) is 1. The summed E-state index contributed by atoms with van der Waals surface area (Å²) in [6.07, 6.45) is 3.83. The first-order chi connectivity index (χ1) is 10.3. The molecule has 0 bridgehead atoms. The molecule has 0 radical (unpaired) electrons. The van der Waals surface area contributed by atoms with Crippen LogP contribution in [0.2, 0.25) is 0 Å². The van der Waals surface area contributed by atoms with Gasteiger partial charge < -0.3 is 5.73 Å². The van der Waals surface area contributed by atoms with E-state index in [1.165, 1.54) is 6.42 Å². The second kappa shape index (κ2) is 7.38. The smallest absolute Gasteiger partial charge is 0.227 e. The number of pyridine rings is 1. The maximum Gasteiger partial charge on any atom is 0.227 e. The number of hydrogen-bond donors (Lipinski definition) is 2. The van der Waals surface area contributed by atoms with E-state index in [1.54, 1.807) is 6.07 Å². The number of fused-ring (bicyclic) bond motifs is 1. The van der Waals surface area contributed by atoms with Crippen LogP contribution in [-0.4, -0.2) is 20.4 Å². The highest BCUT2D eigenvalue weighted by atomic mass is 35.5. The van der Waals surface area contributed by atoms with E-state index in [9.17, 15) is 4.79 Å². The normalized spacial score (nSPS) is 14.5. The van der Waals surface area contributed by atoms with Crippen molar-refractivity contribution >= 4 is 41.2 Å². The largest absolute Gasteiger partial charge is 0.384 e. The van der Waals surface area contributed by atoms with Crippen molar-refractivity contribution in [1.82, 2.24) is 14.5 Å². The van der Waals surface area contributed by atoms with Crippen molar-refractivity contribution < 1.29 is 4.79 Å². The van der Waals surface area contributed by atoms with Gasteiger partial charge in [-0.3, -0.25) is 14.7 Å². The lowest BCUT2D eigenvalue weighted by Crippen LogP contribution is -2.24. The Hall–Kier alpha value is -1.82. The van der Waals surface area contributed by atoms with Gasteiger partial charge in [-0.05, 0) is 36.8 Å². The maximum absolute atomic E-state index is 12.2. The molecule has 3 rings (SSSR count). The van der Waals surface area contributed by atoms with Crippen LogP contribution in [0.3, 0.4) is 0 Å². The molecule has 3 N–H and O–H groups in total. The standard InChI is InChI=1S/C16H23N5O.CH4.ClH/c1-16(2,3)9-13(22)20-15-18-11-7-8-12(17)19-14(11)21(15)10-5-4-6-10;;/h7-8,10H,4-6,9H2,1-3H3,(H2,17,19)(H,18,20,22);1H4;1H. The number of rotatable bonds is 3. The molecule has 1 aliphatic rings. The molecule has 2 heterocycles. The van der Waals surface area contributed by atoms with Crippen LogP contribution in [0, 0.1) is 5.41 Å². The molecule has 2 aromatic heterocycles. The van der Waals surface area contributed by atoms with E-state index in [4.69, 9.17) is 5.73 Å². The fourth-order valence-electron chi connectivity index (χ4n) is 2.72. The van der Waals surface area contributed by atoms with Crippen LogP contribution in [0.1, 0.15) is 59.9 Å². The number of imidazole rings is 1. The Kier molecular flexibility index (Phi) is 6.22. The highest BCUT2D eigenvalue weighted by molar-refractivity contribution is 5.91. The van der Waals surface area contributed by atoms with Gasteiger partial charge in [0.25, 0.3) is 0 Å². The third kappa shape index (κ3) is 4.17. The summed E-state index contributed by atoms with van der Waals surface area (Å²) in [4.78, 5) is 21.2. The molecule has 7 heteroatoms. The van der Waals surface area contributed by atoms with E-state index in [2.05, 4.69) is 15.3 Å². The van der Waals surface area contributed by atoms with E-state index in [0.717, 1.165) is 24.0 Å². The molecule has 2 aromatic rings. The zero-order valence-corrected chi connectivity index (χ0v) is 14.6. The first-order valence-electron chi connectivity index (χ1n) is 7.78. The summed E-state index contributed by atoms with van der Waals surface area (Å²) in [6.45, 7) is 6.14. The van der Waals surface area contributed by atoms with Gasteiger partial charge in [0.05, 0.1) is 0 Å². The lowest BCUT2D eigenvalue weighted by atomic mass is 9.92. The Labute approximate surface area is 149 Å². The first kappa shape index (κ1) is 20.2. The monoisotopic (exact) mass is 353 g/mol. The van der Waals surface area contributed by atoms with Crippen molar-refractivity contribution in [2.45, 2.75) is 59.9 Å². The molecule has 1 aliphatic carbocycles. The molecule has 0 unspecified atom stereocenters. The second-order valence-corrected chi connectivity index (χ2v) is 7.25. The molecular weight excluding hydrogens is 326 g/mol. The Morgan fingerprint density at radius 3 is 2.54 bits per heavy atom. The van der Waals surface area contributed by atoms with Gasteiger partial charge in [0.15, 0.2) is 5.65 Å². The van der Waals surface area contributed by atoms with Crippen molar-refractivity contribution in [1.29, 1.82) is 0 Å². The van der Waals surface area contributed by atoms with Gasteiger partial charge in [0, 0.05) is 12.5 Å². The predicted molar refractivity (Wildman–Crippen MR) is 102 cm³/mol. The van der Waals surface area contributed by atoms with Gasteiger partial charge in [0.2, 0.25) is 11.9 Å². The highest BCUT2D eigenvalue weighted by Gasteiger charge is 2.27. The molecule has 134 valence electrons. The SMILES string of the molecule is C.CC(C)(C)CC(=O)Nc1nc2ccc(N)nc2n1C1CCC1.Cl. The summed E-state index contributed by atoms with van der Waals surface area (Å²) in [7, 11) is 0. The number of carbonyl (C=O) groups is 1. The first-order valence-corrected chi connectivity index (χ1v) is 7.78. The zero-order chi connectivity index (χ0) is 15.9. The highest BCUT2D eigenvalue weighted by Crippen LogP contribution is 2.37. The third-order valence-electron chi connectivity index (χ3n) is 3.94. The van der Waals surface area contributed by atoms with Crippen LogP contribution in [-0.2, 0) is 4.79 Å². The number of anilines is 2. The molecule has 1 saturated carbocycles. The van der Waals surface area contributed by atoms with Crippen LogP contribution in [0.15, 0.2) is 12.1 Å². The molecule has 0 atom stereocenters. The quantitative estimate of drug-likeness (QED) is 0.866. The number of nitrogen functional groups attached to an aromatic ring is 1. The Bertz CT molecular complexity index is 716. The van der Waals surface area contributed by atoms with Crippen molar-refractivity contribution in [3.8, 4) is 0 Å². The van der Waals surface area contributed by atoms with E-state index >= 15 is 0 Å². The van der Waals surface area contributed by atoms with E-state index in [0.29, 0.717) is 24.2 Å². The number of nitrogens with one attached hydrogen (secondary N) is 1. The van der Waals surface area contributed by atoms with Gasteiger partial charge >= 0.3 is 0 Å². The van der Waals surface area contributed by atoms with Crippen molar-refractivity contribution in [2.75, 3.05) is 11.1 Å². The van der Waals surface area contributed by atoms with Crippen molar-refractivity contribution in [3.63, 3.8) is 0 Å². The van der Waals surface area contributed by atoms with Gasteiger partial charge in [-0.1, -0.05) is 28.2 Å². The van der Waals surface area contributed by atoms with Gasteiger partial charge in [-0.25, -0.2) is 9.97 Å². The summed E-state index contributed by atoms with van der Waals surface area (Å²) >= 11 is 0. The fourth-order valence-corrected chi connectivity index (χ4v) is 2.72. The summed E-state index contributed by atoms with van der Waals surface area (Å²) in [6, 6.07) is 3.94. The molecule has 0 saturated heterocycles. The molecule has 24 heavy (non-hydrogen) atoms. The minimum absolute atomic E-state index is 0. The minimum atomic E-state index is -0.0555. The molecule has 1 amide bonds. The van der Waals surface area contributed by atoms with E-state index in [1.807, 2.05) is 31.4 Å². The molecule has 1 fully saturated rings. The second-order valence-electron chi connectivity index (χ2n) is 7.25. The molecule has 0 aromatic carbocycles. The lowest BCUT2D eigenvalue weighted by molar-refractivity contribution is -0.117. The molecule has 6 nitrogen and oxygen atoms in total. The number of hydrogen-bond acceptors (Lipinski definition) is 4. The van der Waals surface area contributed by atoms with Crippen LogP contribution >= 0.6 is 12.4 Å². The van der Waals surface area contributed by atoms with Gasteiger partial charge in [0.1, 0.15) is 11.3 Å².